The van der Waals surface area contributed by atoms with Crippen LogP contribution in [-0.2, 0) is 19.1 Å². The summed E-state index contributed by atoms with van der Waals surface area (Å²) in [6, 6.07) is 0.329. The number of hydrogen-bond acceptors (Lipinski definition) is 4. The lowest BCUT2D eigenvalue weighted by atomic mass is 10.1. The lowest BCUT2D eigenvalue weighted by Gasteiger charge is -2.27. The second kappa shape index (κ2) is 5.69. The number of ether oxygens (including phenoxy) is 2. The fourth-order valence-electron chi connectivity index (χ4n) is 3.00. The summed E-state index contributed by atoms with van der Waals surface area (Å²) in [4.78, 5) is 25.4. The van der Waals surface area contributed by atoms with E-state index in [0.717, 1.165) is 39.0 Å². The Morgan fingerprint density at radius 2 is 1.85 bits per heavy atom. The molecule has 3 atom stereocenters. The molecule has 0 bridgehead atoms. The quantitative estimate of drug-likeness (QED) is 0.801. The van der Waals surface area contributed by atoms with Crippen LogP contribution in [0.2, 0.25) is 0 Å². The van der Waals surface area contributed by atoms with Crippen LogP contribution in [0.4, 0.5) is 0 Å². The first-order valence-corrected chi connectivity index (χ1v) is 7.41. The van der Waals surface area contributed by atoms with Crippen molar-refractivity contribution in [3.8, 4) is 0 Å². The zero-order chi connectivity index (χ0) is 14.1. The molecule has 6 nitrogen and oxygen atoms in total. The van der Waals surface area contributed by atoms with Gasteiger partial charge in [0.1, 0.15) is 6.10 Å². The van der Waals surface area contributed by atoms with Crippen molar-refractivity contribution in [2.45, 2.75) is 50.4 Å². The highest BCUT2D eigenvalue weighted by Crippen LogP contribution is 2.32. The van der Waals surface area contributed by atoms with E-state index in [1.165, 1.54) is 0 Å². The van der Waals surface area contributed by atoms with Gasteiger partial charge in [-0.15, -0.1) is 0 Å². The van der Waals surface area contributed by atoms with Crippen LogP contribution in [0.1, 0.15) is 32.1 Å². The molecule has 1 saturated carbocycles. The fourth-order valence-corrected chi connectivity index (χ4v) is 3.00. The third-order valence-corrected chi connectivity index (χ3v) is 4.32. The maximum Gasteiger partial charge on any atom is 0.332 e. The largest absolute Gasteiger partial charge is 0.479 e. The number of carboxylic acid groups (broad SMARTS) is 1. The lowest BCUT2D eigenvalue weighted by Crippen LogP contribution is -2.43. The number of rotatable bonds is 5. The van der Waals surface area contributed by atoms with Gasteiger partial charge in [0.05, 0.1) is 6.61 Å². The molecule has 2 heterocycles. The average molecular weight is 283 g/mol. The van der Waals surface area contributed by atoms with Crippen LogP contribution in [0.3, 0.4) is 0 Å². The molecule has 2 aliphatic heterocycles. The van der Waals surface area contributed by atoms with Crippen LogP contribution in [-0.4, -0.2) is 59.9 Å². The first-order chi connectivity index (χ1) is 9.65. The molecule has 3 aliphatic rings. The third-order valence-electron chi connectivity index (χ3n) is 4.32. The van der Waals surface area contributed by atoms with Crippen molar-refractivity contribution in [2.24, 2.45) is 5.92 Å². The van der Waals surface area contributed by atoms with Gasteiger partial charge in [-0.25, -0.2) is 4.79 Å². The molecular weight excluding hydrogens is 262 g/mol. The van der Waals surface area contributed by atoms with Crippen LogP contribution in [0, 0.1) is 5.92 Å². The van der Waals surface area contributed by atoms with Gasteiger partial charge in [-0.1, -0.05) is 0 Å². The van der Waals surface area contributed by atoms with Crippen molar-refractivity contribution < 1.29 is 24.2 Å². The number of carbonyl (C=O) groups is 2. The SMILES string of the molecule is O=C(O)C1CCC(C(=O)N(CC2CCOC2)C2CC2)O1. The Hall–Kier alpha value is -1.14. The van der Waals surface area contributed by atoms with E-state index < -0.39 is 18.2 Å². The number of carbonyl (C=O) groups excluding carboxylic acids is 1. The molecule has 1 amide bonds. The van der Waals surface area contributed by atoms with Crippen LogP contribution in [0.25, 0.3) is 0 Å². The molecule has 1 N–H and O–H groups in total. The maximum absolute atomic E-state index is 12.6. The summed E-state index contributed by atoms with van der Waals surface area (Å²) in [6.07, 6.45) is 2.65. The van der Waals surface area contributed by atoms with Gasteiger partial charge in [0, 0.05) is 25.1 Å². The van der Waals surface area contributed by atoms with E-state index in [-0.39, 0.29) is 5.91 Å². The van der Waals surface area contributed by atoms with Gasteiger partial charge in [-0.2, -0.15) is 0 Å². The molecule has 3 fully saturated rings. The predicted molar refractivity (Wildman–Crippen MR) is 69.2 cm³/mol. The van der Waals surface area contributed by atoms with Crippen molar-refractivity contribution in [1.29, 1.82) is 0 Å². The second-order valence-corrected chi connectivity index (χ2v) is 5.98. The Morgan fingerprint density at radius 1 is 1.10 bits per heavy atom. The molecule has 112 valence electrons. The van der Waals surface area contributed by atoms with Gasteiger partial charge in [0.15, 0.2) is 6.10 Å². The minimum absolute atomic E-state index is 0.0249. The molecule has 3 unspecified atom stereocenters. The minimum atomic E-state index is -0.970. The molecule has 0 aromatic heterocycles. The normalized spacial score (nSPS) is 33.3. The fraction of sp³-hybridized carbons (Fsp3) is 0.857. The van der Waals surface area contributed by atoms with E-state index in [4.69, 9.17) is 14.6 Å². The molecule has 3 rings (SSSR count). The van der Waals surface area contributed by atoms with Crippen LogP contribution >= 0.6 is 0 Å². The highest BCUT2D eigenvalue weighted by molar-refractivity contribution is 5.83. The van der Waals surface area contributed by atoms with Gasteiger partial charge in [-0.3, -0.25) is 4.79 Å². The highest BCUT2D eigenvalue weighted by atomic mass is 16.5. The van der Waals surface area contributed by atoms with E-state index in [9.17, 15) is 9.59 Å². The molecule has 0 aromatic rings. The van der Waals surface area contributed by atoms with E-state index in [2.05, 4.69) is 0 Å². The van der Waals surface area contributed by atoms with Gasteiger partial charge >= 0.3 is 5.97 Å². The first kappa shape index (κ1) is 13.8. The van der Waals surface area contributed by atoms with E-state index in [0.29, 0.717) is 24.8 Å². The van der Waals surface area contributed by atoms with E-state index in [1.54, 1.807) is 0 Å². The summed E-state index contributed by atoms with van der Waals surface area (Å²) in [6.45, 7) is 2.22. The zero-order valence-corrected chi connectivity index (χ0v) is 11.5. The minimum Gasteiger partial charge on any atom is -0.479 e. The average Bonchev–Trinajstić information content (AvgIpc) is 2.95. The van der Waals surface area contributed by atoms with Crippen molar-refractivity contribution in [2.75, 3.05) is 19.8 Å². The predicted octanol–water partition coefficient (Wildman–Crippen LogP) is 0.646. The molecule has 0 radical (unpaired) electrons. The van der Waals surface area contributed by atoms with Gasteiger partial charge in [0.25, 0.3) is 5.91 Å². The first-order valence-electron chi connectivity index (χ1n) is 7.41. The summed E-state index contributed by atoms with van der Waals surface area (Å²) in [7, 11) is 0. The van der Waals surface area contributed by atoms with Gasteiger partial charge in [0.2, 0.25) is 0 Å². The molecule has 6 heteroatoms. The summed E-state index contributed by atoms with van der Waals surface area (Å²) in [5.74, 6) is -0.582. The molecular formula is C14H21NO5. The number of hydrogen-bond donors (Lipinski definition) is 1. The zero-order valence-electron chi connectivity index (χ0n) is 11.5. The number of aliphatic carboxylic acids is 1. The van der Waals surface area contributed by atoms with Crippen molar-refractivity contribution >= 4 is 11.9 Å². The number of amides is 1. The second-order valence-electron chi connectivity index (χ2n) is 5.98. The molecule has 0 aromatic carbocycles. The number of nitrogens with zero attached hydrogens (tertiary/aromatic N) is 1. The van der Waals surface area contributed by atoms with Crippen LogP contribution in [0.5, 0.6) is 0 Å². The summed E-state index contributed by atoms with van der Waals surface area (Å²) in [5, 5.41) is 8.94. The Labute approximate surface area is 118 Å². The molecule has 2 saturated heterocycles. The van der Waals surface area contributed by atoms with Gasteiger partial charge in [-0.05, 0) is 32.1 Å². The Bertz CT molecular complexity index is 389. The Morgan fingerprint density at radius 3 is 2.40 bits per heavy atom. The summed E-state index contributed by atoms with van der Waals surface area (Å²) < 4.78 is 10.8. The Kier molecular flexibility index (Phi) is 3.94. The standard InChI is InChI=1S/C14H21NO5/c16-13(11-3-4-12(20-11)14(17)18)15(10-1-2-10)7-9-5-6-19-8-9/h9-12H,1-8H2,(H,17,18). The lowest BCUT2D eigenvalue weighted by molar-refractivity contribution is -0.155. The molecule has 20 heavy (non-hydrogen) atoms. The monoisotopic (exact) mass is 283 g/mol. The van der Waals surface area contributed by atoms with E-state index >= 15 is 0 Å². The van der Waals surface area contributed by atoms with Crippen molar-refractivity contribution in [3.63, 3.8) is 0 Å². The maximum atomic E-state index is 12.6. The van der Waals surface area contributed by atoms with Crippen molar-refractivity contribution in [1.82, 2.24) is 4.90 Å². The van der Waals surface area contributed by atoms with Crippen LogP contribution in [0.15, 0.2) is 0 Å². The van der Waals surface area contributed by atoms with Gasteiger partial charge < -0.3 is 19.5 Å². The topological polar surface area (TPSA) is 76.1 Å². The smallest absolute Gasteiger partial charge is 0.332 e. The summed E-state index contributed by atoms with van der Waals surface area (Å²) in [5.41, 5.74) is 0. The highest BCUT2D eigenvalue weighted by Gasteiger charge is 2.42. The molecule has 1 aliphatic carbocycles. The van der Waals surface area contributed by atoms with E-state index in [1.807, 2.05) is 4.90 Å². The van der Waals surface area contributed by atoms with Crippen molar-refractivity contribution in [3.05, 3.63) is 0 Å². The Balaban J connectivity index is 1.59. The third kappa shape index (κ3) is 2.96. The van der Waals surface area contributed by atoms with Crippen LogP contribution < -0.4 is 0 Å². The molecule has 0 spiro atoms. The number of carboxylic acids is 1. The summed E-state index contributed by atoms with van der Waals surface area (Å²) >= 11 is 0.